The van der Waals surface area contributed by atoms with Gasteiger partial charge in [-0.3, -0.25) is 14.5 Å². The van der Waals surface area contributed by atoms with Gasteiger partial charge in [-0.05, 0) is 53.5 Å². The molecule has 1 aliphatic heterocycles. The molecular weight excluding hydrogens is 377 g/mol. The maximum atomic E-state index is 13.0. The second-order valence-electron chi connectivity index (χ2n) is 5.30. The number of carbonyl (C=O) groups is 2. The highest BCUT2D eigenvalue weighted by atomic mass is 32.2. The highest BCUT2D eigenvalue weighted by molar-refractivity contribution is 8.18. The van der Waals surface area contributed by atoms with Crippen LogP contribution in [0.2, 0.25) is 0 Å². The van der Waals surface area contributed by atoms with Crippen LogP contribution >= 0.6 is 23.1 Å². The minimum Gasteiger partial charge on any atom is -0.337 e. The van der Waals surface area contributed by atoms with Crippen molar-refractivity contribution in [1.82, 2.24) is 15.0 Å². The van der Waals surface area contributed by atoms with E-state index in [1.54, 1.807) is 6.08 Å². The lowest BCUT2D eigenvalue weighted by Crippen LogP contribution is -2.27. The van der Waals surface area contributed by atoms with E-state index in [2.05, 4.69) is 10.1 Å². The summed E-state index contributed by atoms with van der Waals surface area (Å²) >= 11 is 2.36. The van der Waals surface area contributed by atoms with Gasteiger partial charge in [0.2, 0.25) is 11.7 Å². The maximum absolute atomic E-state index is 13.0. The molecule has 0 bridgehead atoms. The van der Waals surface area contributed by atoms with Crippen LogP contribution in [0.5, 0.6) is 0 Å². The Morgan fingerprint density at radius 2 is 2.00 bits per heavy atom. The van der Waals surface area contributed by atoms with E-state index in [1.165, 1.54) is 35.6 Å². The van der Waals surface area contributed by atoms with Crippen LogP contribution < -0.4 is 0 Å². The number of benzene rings is 1. The summed E-state index contributed by atoms with van der Waals surface area (Å²) in [5, 5.41) is 5.32. The standard InChI is InChI=1S/C17H10FN3O3S2/c18-11-5-3-10(4-6-11)15-19-14(24-20-15)9-21-16(22)13(26-17(21)23)8-12-2-1-7-25-12/h1-8H,9H2/b13-8-. The number of nitrogens with zero attached hydrogens (tertiary/aromatic N) is 3. The molecule has 0 atom stereocenters. The molecule has 130 valence electrons. The molecule has 1 saturated heterocycles. The van der Waals surface area contributed by atoms with E-state index in [1.807, 2.05) is 17.5 Å². The minimum atomic E-state index is -0.394. The fourth-order valence-corrected chi connectivity index (χ4v) is 3.87. The van der Waals surface area contributed by atoms with Crippen LogP contribution in [0, 0.1) is 5.82 Å². The summed E-state index contributed by atoms with van der Waals surface area (Å²) in [6.45, 7) is -0.110. The lowest BCUT2D eigenvalue weighted by atomic mass is 10.2. The van der Waals surface area contributed by atoms with Crippen LogP contribution in [-0.4, -0.2) is 26.2 Å². The van der Waals surface area contributed by atoms with Gasteiger partial charge < -0.3 is 4.52 Å². The zero-order valence-electron chi connectivity index (χ0n) is 13.1. The van der Waals surface area contributed by atoms with Gasteiger partial charge in [0, 0.05) is 10.4 Å². The smallest absolute Gasteiger partial charge is 0.294 e. The highest BCUT2D eigenvalue weighted by Crippen LogP contribution is 2.33. The zero-order valence-corrected chi connectivity index (χ0v) is 14.7. The van der Waals surface area contributed by atoms with Gasteiger partial charge in [-0.1, -0.05) is 11.2 Å². The van der Waals surface area contributed by atoms with Crippen molar-refractivity contribution in [3.05, 3.63) is 63.3 Å². The minimum absolute atomic E-state index is 0.110. The van der Waals surface area contributed by atoms with E-state index in [0.29, 0.717) is 10.5 Å². The van der Waals surface area contributed by atoms with E-state index in [4.69, 9.17) is 4.52 Å². The molecule has 0 saturated carbocycles. The number of hydrogen-bond acceptors (Lipinski definition) is 7. The molecule has 0 radical (unpaired) electrons. The number of thioether (sulfide) groups is 1. The van der Waals surface area contributed by atoms with Crippen LogP contribution in [0.1, 0.15) is 10.8 Å². The van der Waals surface area contributed by atoms with Gasteiger partial charge in [0.15, 0.2) is 0 Å². The largest absolute Gasteiger partial charge is 0.337 e. The average Bonchev–Trinajstić information content (AvgIpc) is 3.35. The van der Waals surface area contributed by atoms with Crippen molar-refractivity contribution in [3.63, 3.8) is 0 Å². The van der Waals surface area contributed by atoms with E-state index in [-0.39, 0.29) is 29.3 Å². The van der Waals surface area contributed by atoms with Crippen LogP contribution in [-0.2, 0) is 11.3 Å². The molecule has 2 amide bonds. The first-order valence-electron chi connectivity index (χ1n) is 7.47. The molecule has 3 heterocycles. The summed E-state index contributed by atoms with van der Waals surface area (Å²) in [6, 6.07) is 9.36. The SMILES string of the molecule is O=C1S/C(=C\c2cccs2)C(=O)N1Cc1nc(-c2ccc(F)cc2)no1. The fourth-order valence-electron chi connectivity index (χ4n) is 2.31. The first-order chi connectivity index (χ1) is 12.6. The monoisotopic (exact) mass is 387 g/mol. The van der Waals surface area contributed by atoms with Crippen molar-refractivity contribution in [3.8, 4) is 11.4 Å². The maximum Gasteiger partial charge on any atom is 0.294 e. The molecule has 4 rings (SSSR count). The first-order valence-corrected chi connectivity index (χ1v) is 9.17. The quantitative estimate of drug-likeness (QED) is 0.625. The number of aromatic nitrogens is 2. The van der Waals surface area contributed by atoms with Gasteiger partial charge in [0.05, 0.1) is 4.91 Å². The number of halogens is 1. The lowest BCUT2D eigenvalue weighted by molar-refractivity contribution is -0.123. The van der Waals surface area contributed by atoms with Gasteiger partial charge in [0.1, 0.15) is 12.4 Å². The van der Waals surface area contributed by atoms with Crippen molar-refractivity contribution >= 4 is 40.3 Å². The van der Waals surface area contributed by atoms with Gasteiger partial charge in [-0.15, -0.1) is 11.3 Å². The van der Waals surface area contributed by atoms with Gasteiger partial charge in [-0.25, -0.2) is 4.39 Å². The highest BCUT2D eigenvalue weighted by Gasteiger charge is 2.36. The predicted octanol–water partition coefficient (Wildman–Crippen LogP) is 4.17. The van der Waals surface area contributed by atoms with Crippen molar-refractivity contribution < 1.29 is 18.5 Å². The van der Waals surface area contributed by atoms with E-state index in [0.717, 1.165) is 21.5 Å². The summed E-state index contributed by atoms with van der Waals surface area (Å²) in [7, 11) is 0. The Bertz CT molecular complexity index is 997. The number of amides is 2. The molecule has 9 heteroatoms. The Balaban J connectivity index is 1.51. The third-order valence-corrected chi connectivity index (χ3v) is 5.28. The molecule has 0 aliphatic carbocycles. The summed E-state index contributed by atoms with van der Waals surface area (Å²) < 4.78 is 18.1. The second kappa shape index (κ2) is 6.85. The number of thiophene rings is 1. The molecule has 1 aliphatic rings. The van der Waals surface area contributed by atoms with Gasteiger partial charge >= 0.3 is 0 Å². The van der Waals surface area contributed by atoms with Crippen molar-refractivity contribution in [1.29, 1.82) is 0 Å². The fraction of sp³-hybridized carbons (Fsp3) is 0.0588. The summed E-state index contributed by atoms with van der Waals surface area (Å²) in [5.41, 5.74) is 0.577. The molecule has 0 spiro atoms. The summed E-state index contributed by atoms with van der Waals surface area (Å²) in [6.07, 6.45) is 1.69. The van der Waals surface area contributed by atoms with Crippen LogP contribution in [0.4, 0.5) is 9.18 Å². The first kappa shape index (κ1) is 16.7. The molecule has 3 aromatic rings. The third-order valence-electron chi connectivity index (χ3n) is 3.55. The van der Waals surface area contributed by atoms with Crippen LogP contribution in [0.25, 0.3) is 17.5 Å². The normalized spacial score (nSPS) is 16.0. The van der Waals surface area contributed by atoms with Crippen molar-refractivity contribution in [2.24, 2.45) is 0 Å². The Labute approximate surface area is 155 Å². The molecule has 2 aromatic heterocycles. The predicted molar refractivity (Wildman–Crippen MR) is 95.5 cm³/mol. The van der Waals surface area contributed by atoms with E-state index < -0.39 is 5.91 Å². The summed E-state index contributed by atoms with van der Waals surface area (Å²) in [5.74, 6) is -0.368. The number of carbonyl (C=O) groups excluding carboxylic acids is 2. The molecule has 1 fully saturated rings. The Morgan fingerprint density at radius 1 is 1.19 bits per heavy atom. The second-order valence-corrected chi connectivity index (χ2v) is 7.27. The number of rotatable bonds is 4. The average molecular weight is 387 g/mol. The zero-order chi connectivity index (χ0) is 18.1. The van der Waals surface area contributed by atoms with Crippen LogP contribution in [0.15, 0.2) is 51.2 Å². The van der Waals surface area contributed by atoms with E-state index in [9.17, 15) is 14.0 Å². The Kier molecular flexibility index (Phi) is 4.39. The Morgan fingerprint density at radius 3 is 2.73 bits per heavy atom. The van der Waals surface area contributed by atoms with Crippen molar-refractivity contribution in [2.45, 2.75) is 6.54 Å². The number of hydrogen-bond donors (Lipinski definition) is 0. The topological polar surface area (TPSA) is 76.3 Å². The molecule has 1 aromatic carbocycles. The Hall–Kier alpha value is -2.78. The lowest BCUT2D eigenvalue weighted by Gasteiger charge is -2.08. The van der Waals surface area contributed by atoms with Crippen LogP contribution in [0.3, 0.4) is 0 Å². The molecule has 26 heavy (non-hydrogen) atoms. The molecule has 6 nitrogen and oxygen atoms in total. The molecular formula is C17H10FN3O3S2. The van der Waals surface area contributed by atoms with Gasteiger partial charge in [0.25, 0.3) is 11.1 Å². The number of imide groups is 1. The van der Waals surface area contributed by atoms with E-state index >= 15 is 0 Å². The third kappa shape index (κ3) is 3.31. The molecule has 0 N–H and O–H groups in total. The molecule has 0 unspecified atom stereocenters. The van der Waals surface area contributed by atoms with Gasteiger partial charge in [-0.2, -0.15) is 4.98 Å². The van der Waals surface area contributed by atoms with Crippen molar-refractivity contribution in [2.75, 3.05) is 0 Å². The summed E-state index contributed by atoms with van der Waals surface area (Å²) in [4.78, 5) is 31.1.